The molecule has 3 aliphatic heterocycles. The molecule has 2 amide bonds. The van der Waals surface area contributed by atoms with Gasteiger partial charge in [-0.2, -0.15) is 0 Å². The second-order valence-corrected chi connectivity index (χ2v) is 9.28. The van der Waals surface area contributed by atoms with Crippen LogP contribution in [0.1, 0.15) is 61.4 Å². The predicted octanol–water partition coefficient (Wildman–Crippen LogP) is 3.39. The summed E-state index contributed by atoms with van der Waals surface area (Å²) in [6, 6.07) is 8.13. The van der Waals surface area contributed by atoms with Gasteiger partial charge < -0.3 is 9.80 Å². The van der Waals surface area contributed by atoms with Gasteiger partial charge in [0.15, 0.2) is 0 Å². The molecule has 29 heavy (non-hydrogen) atoms. The molecule has 1 aromatic carbocycles. The van der Waals surface area contributed by atoms with Crippen molar-refractivity contribution in [1.29, 1.82) is 0 Å². The van der Waals surface area contributed by atoms with Gasteiger partial charge in [0.2, 0.25) is 5.91 Å². The van der Waals surface area contributed by atoms with Gasteiger partial charge in [0.1, 0.15) is 0 Å². The van der Waals surface area contributed by atoms with Gasteiger partial charge in [-0.25, -0.2) is 0 Å². The smallest absolute Gasteiger partial charge is 0.253 e. The monoisotopic (exact) mass is 397 g/mol. The van der Waals surface area contributed by atoms with E-state index in [1.807, 2.05) is 17.0 Å². The number of hydrogen-bond donors (Lipinski definition) is 0. The van der Waals surface area contributed by atoms with Crippen LogP contribution in [0.2, 0.25) is 0 Å². The number of carbonyl (C=O) groups is 2. The summed E-state index contributed by atoms with van der Waals surface area (Å²) in [5.74, 6) is 1.13. The molecule has 0 bridgehead atoms. The summed E-state index contributed by atoms with van der Waals surface area (Å²) in [7, 11) is 0. The van der Waals surface area contributed by atoms with Crippen molar-refractivity contribution >= 4 is 11.8 Å². The highest BCUT2D eigenvalue weighted by Gasteiger charge is 2.32. The number of amides is 2. The fraction of sp³-hybridized carbons (Fsp3) is 0.667. The Morgan fingerprint density at radius 1 is 0.931 bits per heavy atom. The van der Waals surface area contributed by atoms with E-state index in [4.69, 9.17) is 0 Å². The SMILES string of the molecule is CC1CCCN(C(=O)C2CCN(C(=O)c3cccc(CN4CCCC4)c3)CC2)C1. The van der Waals surface area contributed by atoms with Gasteiger partial charge >= 0.3 is 0 Å². The number of hydrogen-bond acceptors (Lipinski definition) is 3. The normalized spacial score (nSPS) is 24.1. The Kier molecular flexibility index (Phi) is 6.53. The zero-order valence-corrected chi connectivity index (χ0v) is 17.8. The summed E-state index contributed by atoms with van der Waals surface area (Å²) in [5, 5.41) is 0. The highest BCUT2D eigenvalue weighted by atomic mass is 16.2. The first-order valence-electron chi connectivity index (χ1n) is 11.5. The molecule has 3 heterocycles. The molecule has 158 valence electrons. The Balaban J connectivity index is 1.31. The van der Waals surface area contributed by atoms with Gasteiger partial charge in [-0.05, 0) is 75.2 Å². The maximum atomic E-state index is 13.0. The van der Waals surface area contributed by atoms with E-state index in [9.17, 15) is 9.59 Å². The van der Waals surface area contributed by atoms with Gasteiger partial charge in [0.25, 0.3) is 5.91 Å². The Bertz CT molecular complexity index is 721. The summed E-state index contributed by atoms with van der Waals surface area (Å²) >= 11 is 0. The quantitative estimate of drug-likeness (QED) is 0.782. The van der Waals surface area contributed by atoms with Crippen molar-refractivity contribution in [3.8, 4) is 0 Å². The van der Waals surface area contributed by atoms with Crippen molar-refractivity contribution in [3.63, 3.8) is 0 Å². The molecule has 0 radical (unpaired) electrons. The van der Waals surface area contributed by atoms with Crippen LogP contribution in [-0.2, 0) is 11.3 Å². The average molecular weight is 398 g/mol. The maximum absolute atomic E-state index is 13.0. The second kappa shape index (κ2) is 9.29. The molecule has 5 nitrogen and oxygen atoms in total. The number of rotatable bonds is 4. The Labute approximate surface area is 175 Å². The number of benzene rings is 1. The van der Waals surface area contributed by atoms with Crippen molar-refractivity contribution in [2.75, 3.05) is 39.3 Å². The minimum Gasteiger partial charge on any atom is -0.342 e. The molecule has 0 saturated carbocycles. The van der Waals surface area contributed by atoms with Crippen LogP contribution in [0.5, 0.6) is 0 Å². The number of piperidine rings is 2. The molecule has 3 aliphatic rings. The van der Waals surface area contributed by atoms with Crippen LogP contribution in [0, 0.1) is 11.8 Å². The molecule has 1 aromatic rings. The largest absolute Gasteiger partial charge is 0.342 e. The third-order valence-corrected chi connectivity index (χ3v) is 6.88. The molecule has 0 N–H and O–H groups in total. The Morgan fingerprint density at radius 2 is 1.69 bits per heavy atom. The minimum atomic E-state index is 0.0888. The molecule has 0 aliphatic carbocycles. The third kappa shape index (κ3) is 5.00. The van der Waals surface area contributed by atoms with Crippen LogP contribution in [0.4, 0.5) is 0 Å². The fourth-order valence-corrected chi connectivity index (χ4v) is 5.16. The van der Waals surface area contributed by atoms with E-state index < -0.39 is 0 Å². The van der Waals surface area contributed by atoms with Crippen LogP contribution in [0.15, 0.2) is 24.3 Å². The molecular formula is C24H35N3O2. The molecule has 0 spiro atoms. The average Bonchev–Trinajstić information content (AvgIpc) is 3.26. The first-order chi connectivity index (χ1) is 14.1. The van der Waals surface area contributed by atoms with E-state index in [-0.39, 0.29) is 11.8 Å². The van der Waals surface area contributed by atoms with E-state index in [2.05, 4.69) is 28.9 Å². The number of carbonyl (C=O) groups excluding carboxylic acids is 2. The first kappa shape index (κ1) is 20.4. The number of nitrogens with zero attached hydrogens (tertiary/aromatic N) is 3. The second-order valence-electron chi connectivity index (χ2n) is 9.28. The van der Waals surface area contributed by atoms with Crippen LogP contribution >= 0.6 is 0 Å². The van der Waals surface area contributed by atoms with Crippen molar-refractivity contribution in [1.82, 2.24) is 14.7 Å². The summed E-state index contributed by atoms with van der Waals surface area (Å²) in [4.78, 5) is 32.4. The van der Waals surface area contributed by atoms with E-state index >= 15 is 0 Å². The zero-order valence-electron chi connectivity index (χ0n) is 17.8. The first-order valence-corrected chi connectivity index (χ1v) is 11.5. The lowest BCUT2D eigenvalue weighted by molar-refractivity contribution is -0.138. The molecule has 4 rings (SSSR count). The lowest BCUT2D eigenvalue weighted by Crippen LogP contribution is -2.47. The predicted molar refractivity (Wildman–Crippen MR) is 115 cm³/mol. The molecule has 5 heteroatoms. The minimum absolute atomic E-state index is 0.0888. The summed E-state index contributed by atoms with van der Waals surface area (Å²) in [6.07, 6.45) is 6.50. The van der Waals surface area contributed by atoms with E-state index in [0.29, 0.717) is 24.9 Å². The topological polar surface area (TPSA) is 43.9 Å². The van der Waals surface area contributed by atoms with Gasteiger partial charge in [-0.15, -0.1) is 0 Å². The van der Waals surface area contributed by atoms with Crippen molar-refractivity contribution in [2.45, 2.75) is 52.0 Å². The lowest BCUT2D eigenvalue weighted by Gasteiger charge is -2.37. The summed E-state index contributed by atoms with van der Waals surface area (Å²) in [6.45, 7) is 8.69. The van der Waals surface area contributed by atoms with Crippen LogP contribution < -0.4 is 0 Å². The summed E-state index contributed by atoms with van der Waals surface area (Å²) < 4.78 is 0. The van der Waals surface area contributed by atoms with Crippen molar-refractivity contribution < 1.29 is 9.59 Å². The van der Waals surface area contributed by atoms with Crippen molar-refractivity contribution in [3.05, 3.63) is 35.4 Å². The highest BCUT2D eigenvalue weighted by Crippen LogP contribution is 2.25. The van der Waals surface area contributed by atoms with Gasteiger partial charge in [-0.1, -0.05) is 19.1 Å². The maximum Gasteiger partial charge on any atom is 0.253 e. The third-order valence-electron chi connectivity index (χ3n) is 6.88. The Morgan fingerprint density at radius 3 is 2.41 bits per heavy atom. The zero-order chi connectivity index (χ0) is 20.2. The molecule has 3 fully saturated rings. The number of likely N-dealkylation sites (tertiary alicyclic amines) is 3. The molecule has 3 saturated heterocycles. The van der Waals surface area contributed by atoms with E-state index in [1.54, 1.807) is 0 Å². The van der Waals surface area contributed by atoms with Crippen molar-refractivity contribution in [2.24, 2.45) is 11.8 Å². The Hall–Kier alpha value is -1.88. The lowest BCUT2D eigenvalue weighted by atomic mass is 9.92. The fourth-order valence-electron chi connectivity index (χ4n) is 5.16. The van der Waals surface area contributed by atoms with Gasteiger partial charge in [0.05, 0.1) is 0 Å². The molecule has 1 atom stereocenters. The van der Waals surface area contributed by atoms with Gasteiger partial charge in [0, 0.05) is 44.2 Å². The van der Waals surface area contributed by atoms with Gasteiger partial charge in [-0.3, -0.25) is 14.5 Å². The standard InChI is InChI=1S/C24H35N3O2/c1-19-6-5-13-27(17-19)23(28)21-9-14-26(15-10-21)24(29)22-8-4-7-20(16-22)18-25-11-2-3-12-25/h4,7-8,16,19,21H,2-3,5-6,9-15,17-18H2,1H3. The van der Waals surface area contributed by atoms with Crippen LogP contribution in [-0.4, -0.2) is 65.8 Å². The van der Waals surface area contributed by atoms with Crippen LogP contribution in [0.3, 0.4) is 0 Å². The highest BCUT2D eigenvalue weighted by molar-refractivity contribution is 5.94. The van der Waals surface area contributed by atoms with E-state index in [1.165, 1.54) is 24.8 Å². The molecular weight excluding hydrogens is 362 g/mol. The van der Waals surface area contributed by atoms with Crippen LogP contribution in [0.25, 0.3) is 0 Å². The summed E-state index contributed by atoms with van der Waals surface area (Å²) in [5.41, 5.74) is 2.01. The molecule has 0 aromatic heterocycles. The van der Waals surface area contributed by atoms with E-state index in [0.717, 1.165) is 57.5 Å². The molecule has 1 unspecified atom stereocenters.